The zero-order valence-electron chi connectivity index (χ0n) is 16.7. The van der Waals surface area contributed by atoms with Crippen molar-refractivity contribution in [3.63, 3.8) is 0 Å². The lowest BCUT2D eigenvalue weighted by atomic mass is 9.87. The van der Waals surface area contributed by atoms with Crippen molar-refractivity contribution in [2.24, 2.45) is 0 Å². The van der Waals surface area contributed by atoms with Crippen molar-refractivity contribution in [1.82, 2.24) is 8.71 Å². The minimum atomic E-state index is -3.77. The van der Waals surface area contributed by atoms with E-state index in [9.17, 15) is 22.7 Å². The summed E-state index contributed by atoms with van der Waals surface area (Å²) < 4.78 is 42.6. The molecule has 1 aliphatic carbocycles. The molecule has 8 heteroatoms. The van der Waals surface area contributed by atoms with Crippen LogP contribution in [0.25, 0.3) is 5.52 Å². The van der Waals surface area contributed by atoms with Gasteiger partial charge < -0.3 is 9.51 Å². The van der Waals surface area contributed by atoms with Gasteiger partial charge in [0.1, 0.15) is 5.82 Å². The highest BCUT2D eigenvalue weighted by Crippen LogP contribution is 2.37. The van der Waals surface area contributed by atoms with E-state index < -0.39 is 27.7 Å². The summed E-state index contributed by atoms with van der Waals surface area (Å²) in [7, 11) is -2.22. The molecule has 1 aromatic carbocycles. The molecule has 0 aliphatic heterocycles. The van der Waals surface area contributed by atoms with Crippen LogP contribution in [-0.4, -0.2) is 41.3 Å². The Kier molecular flexibility index (Phi) is 5.15. The molecule has 0 amide bonds. The fourth-order valence-corrected chi connectivity index (χ4v) is 5.76. The molecular formula is C22H23FN2O4S. The number of carboxylic acids is 1. The number of carboxylic acid groups (broad SMARTS) is 1. The first-order chi connectivity index (χ1) is 14.2. The second-order valence-corrected chi connectivity index (χ2v) is 9.72. The molecule has 158 valence electrons. The van der Waals surface area contributed by atoms with E-state index in [1.807, 2.05) is 28.8 Å². The van der Waals surface area contributed by atoms with Crippen molar-refractivity contribution < 1.29 is 22.7 Å². The maximum atomic E-state index is 13.2. The van der Waals surface area contributed by atoms with Crippen molar-refractivity contribution in [3.05, 3.63) is 71.3 Å². The van der Waals surface area contributed by atoms with Gasteiger partial charge >= 0.3 is 5.97 Å². The van der Waals surface area contributed by atoms with E-state index >= 15 is 0 Å². The zero-order valence-corrected chi connectivity index (χ0v) is 17.6. The van der Waals surface area contributed by atoms with Gasteiger partial charge in [-0.15, -0.1) is 0 Å². The molecule has 0 spiro atoms. The number of rotatable bonds is 5. The predicted octanol–water partition coefficient (Wildman–Crippen LogP) is 3.44. The van der Waals surface area contributed by atoms with Crippen LogP contribution in [0.1, 0.15) is 36.1 Å². The Morgan fingerprint density at radius 3 is 2.60 bits per heavy atom. The molecule has 0 saturated heterocycles. The number of carbonyl (C=O) groups is 1. The number of aliphatic carboxylic acids is 1. The number of aromatic nitrogens is 1. The summed E-state index contributed by atoms with van der Waals surface area (Å²) in [6, 6.07) is 10.2. The number of likely N-dealkylation sites (N-methyl/N-ethyl adjacent to an activating group) is 1. The van der Waals surface area contributed by atoms with Crippen LogP contribution < -0.4 is 0 Å². The molecule has 0 saturated carbocycles. The lowest BCUT2D eigenvalue weighted by Crippen LogP contribution is -2.40. The van der Waals surface area contributed by atoms with E-state index in [0.29, 0.717) is 19.3 Å². The number of benzene rings is 1. The summed E-state index contributed by atoms with van der Waals surface area (Å²) in [6.45, 7) is 1.68. The van der Waals surface area contributed by atoms with Crippen molar-refractivity contribution >= 4 is 21.5 Å². The Labute approximate surface area is 174 Å². The van der Waals surface area contributed by atoms with E-state index in [1.165, 1.54) is 16.4 Å². The van der Waals surface area contributed by atoms with Gasteiger partial charge in [0.15, 0.2) is 0 Å². The molecule has 0 radical (unpaired) electrons. The average molecular weight is 431 g/mol. The summed E-state index contributed by atoms with van der Waals surface area (Å²) in [5.74, 6) is -2.02. The first-order valence-corrected chi connectivity index (χ1v) is 11.2. The number of pyridine rings is 1. The van der Waals surface area contributed by atoms with E-state index in [1.54, 1.807) is 14.0 Å². The second-order valence-electron chi connectivity index (χ2n) is 7.73. The minimum absolute atomic E-state index is 0.0532. The van der Waals surface area contributed by atoms with Crippen LogP contribution in [0, 0.1) is 5.82 Å². The van der Waals surface area contributed by atoms with Crippen LogP contribution in [0.15, 0.2) is 53.6 Å². The topological polar surface area (TPSA) is 79.1 Å². The van der Waals surface area contributed by atoms with Crippen molar-refractivity contribution in [3.8, 4) is 0 Å². The minimum Gasteiger partial charge on any atom is -0.481 e. The van der Waals surface area contributed by atoms with E-state index in [0.717, 1.165) is 34.5 Å². The molecule has 3 aromatic rings. The highest BCUT2D eigenvalue weighted by atomic mass is 32.2. The van der Waals surface area contributed by atoms with Crippen LogP contribution in [0.4, 0.5) is 4.39 Å². The van der Waals surface area contributed by atoms with E-state index in [2.05, 4.69) is 0 Å². The smallest absolute Gasteiger partial charge is 0.310 e. The van der Waals surface area contributed by atoms with Gasteiger partial charge in [-0.25, -0.2) is 12.8 Å². The van der Waals surface area contributed by atoms with E-state index in [-0.39, 0.29) is 10.9 Å². The number of fused-ring (bicyclic) bond motifs is 3. The summed E-state index contributed by atoms with van der Waals surface area (Å²) in [4.78, 5) is 11.7. The molecule has 4 rings (SSSR count). The Morgan fingerprint density at radius 1 is 1.23 bits per heavy atom. The molecule has 30 heavy (non-hydrogen) atoms. The van der Waals surface area contributed by atoms with Crippen molar-refractivity contribution in [2.45, 2.75) is 43.0 Å². The van der Waals surface area contributed by atoms with Gasteiger partial charge in [-0.2, -0.15) is 4.31 Å². The highest BCUT2D eigenvalue weighted by molar-refractivity contribution is 7.89. The molecule has 1 unspecified atom stereocenters. The van der Waals surface area contributed by atoms with Crippen LogP contribution in [0.5, 0.6) is 0 Å². The zero-order chi connectivity index (χ0) is 21.6. The van der Waals surface area contributed by atoms with Gasteiger partial charge in [-0.1, -0.05) is 6.07 Å². The highest BCUT2D eigenvalue weighted by Gasteiger charge is 2.35. The summed E-state index contributed by atoms with van der Waals surface area (Å²) >= 11 is 0. The Hall–Kier alpha value is -2.71. The van der Waals surface area contributed by atoms with Gasteiger partial charge in [0.2, 0.25) is 10.0 Å². The molecule has 2 heterocycles. The van der Waals surface area contributed by atoms with Crippen molar-refractivity contribution in [2.75, 3.05) is 7.05 Å². The predicted molar refractivity (Wildman–Crippen MR) is 111 cm³/mol. The number of halogens is 1. The molecule has 1 N–H and O–H groups in total. The fraction of sp³-hybridized carbons (Fsp3) is 0.318. The molecule has 2 atom stereocenters. The summed E-state index contributed by atoms with van der Waals surface area (Å²) in [5.41, 5.74) is 3.61. The van der Waals surface area contributed by atoms with Gasteiger partial charge in [0.25, 0.3) is 0 Å². The molecular weight excluding hydrogens is 407 g/mol. The van der Waals surface area contributed by atoms with Gasteiger partial charge in [-0.3, -0.25) is 4.79 Å². The van der Waals surface area contributed by atoms with Gasteiger partial charge in [0.05, 0.1) is 10.8 Å². The largest absolute Gasteiger partial charge is 0.481 e. The van der Waals surface area contributed by atoms with Crippen LogP contribution >= 0.6 is 0 Å². The molecule has 1 aliphatic rings. The lowest BCUT2D eigenvalue weighted by molar-refractivity contribution is -0.138. The normalized spacial score (nSPS) is 17.8. The lowest BCUT2D eigenvalue weighted by Gasteiger charge is -2.31. The van der Waals surface area contributed by atoms with Crippen LogP contribution in [0.2, 0.25) is 0 Å². The van der Waals surface area contributed by atoms with Crippen molar-refractivity contribution in [1.29, 1.82) is 0 Å². The third kappa shape index (κ3) is 3.30. The Balaban J connectivity index is 1.72. The van der Waals surface area contributed by atoms with E-state index in [4.69, 9.17) is 0 Å². The number of nitrogens with zero attached hydrogens (tertiary/aromatic N) is 2. The van der Waals surface area contributed by atoms with Crippen LogP contribution in [0.3, 0.4) is 0 Å². The Morgan fingerprint density at radius 2 is 1.93 bits per heavy atom. The first kappa shape index (κ1) is 20.6. The molecule has 0 fully saturated rings. The van der Waals surface area contributed by atoms with Gasteiger partial charge in [-0.05, 0) is 67.3 Å². The van der Waals surface area contributed by atoms with Gasteiger partial charge in [0, 0.05) is 36.9 Å². The Bertz CT molecular complexity index is 1220. The third-order valence-electron chi connectivity index (χ3n) is 6.06. The second kappa shape index (κ2) is 7.52. The maximum absolute atomic E-state index is 13.2. The average Bonchev–Trinajstić information content (AvgIpc) is 3.06. The molecule has 2 aromatic heterocycles. The fourth-order valence-electron chi connectivity index (χ4n) is 4.38. The third-order valence-corrected chi connectivity index (χ3v) is 7.99. The quantitative estimate of drug-likeness (QED) is 0.673. The number of sulfonamides is 1. The number of hydrogen-bond donors (Lipinski definition) is 1. The maximum Gasteiger partial charge on any atom is 0.310 e. The monoisotopic (exact) mass is 430 g/mol. The number of hydrogen-bond acceptors (Lipinski definition) is 3. The SMILES string of the molecule is CC(C(=O)O)c1c2c(n3ccccc13)C[C@@H](N(C)S(=O)(=O)c1ccc(F)cc1)CC2. The first-order valence-electron chi connectivity index (χ1n) is 9.79. The molecule has 6 nitrogen and oxygen atoms in total. The standard InChI is InChI=1S/C22H23FN2O4S/c1-14(22(26)27)21-18-11-8-16(13-20(18)25-12-4-3-5-19(21)25)24(2)30(28,29)17-9-6-15(23)7-10-17/h3-7,9-10,12,14,16H,8,11,13H2,1-2H3,(H,26,27)/t14?,16-/m0/s1. The van der Waals surface area contributed by atoms with Crippen LogP contribution in [-0.2, 0) is 27.7 Å². The summed E-state index contributed by atoms with van der Waals surface area (Å²) in [6.07, 6.45) is 3.55. The molecule has 0 bridgehead atoms. The summed E-state index contributed by atoms with van der Waals surface area (Å²) in [5, 5.41) is 9.58.